The smallest absolute Gasteiger partial charge is 0.0541 e. The van der Waals surface area contributed by atoms with Crippen LogP contribution in [0.1, 0.15) is 7.43 Å². The fraction of sp³-hybridized carbons (Fsp3) is 0.0118. The first-order chi connectivity index (χ1) is 43.7. The highest BCUT2D eigenvalue weighted by molar-refractivity contribution is 6.28. The van der Waals surface area contributed by atoms with Crippen LogP contribution >= 0.6 is 0 Å². The van der Waals surface area contributed by atoms with Crippen LogP contribution in [0.4, 0.5) is 0 Å². The maximum atomic E-state index is 2.42. The summed E-state index contributed by atoms with van der Waals surface area (Å²) in [5.41, 5.74) is 14.5. The van der Waals surface area contributed by atoms with Crippen molar-refractivity contribution in [1.82, 2.24) is 18.3 Å². The van der Waals surface area contributed by atoms with Crippen LogP contribution in [0.25, 0.3) is 175 Å². The molecule has 0 saturated heterocycles. The fourth-order valence-electron chi connectivity index (χ4n) is 15.2. The number of hydrogen-bond donors (Lipinski definition) is 0. The van der Waals surface area contributed by atoms with Crippen molar-refractivity contribution in [3.05, 3.63) is 315 Å². The second-order valence-corrected chi connectivity index (χ2v) is 23.5. The molecule has 0 aliphatic rings. The van der Waals surface area contributed by atoms with Gasteiger partial charge < -0.3 is 18.3 Å². The van der Waals surface area contributed by atoms with Crippen LogP contribution in [0, 0.1) is 0 Å². The quantitative estimate of drug-likeness (QED) is 0.157. The Morgan fingerprint density at radius 2 is 0.258 bits per heavy atom. The fourth-order valence-corrected chi connectivity index (χ4v) is 15.2. The van der Waals surface area contributed by atoms with Gasteiger partial charge in [-0.15, -0.1) is 0 Å². The molecule has 4 aromatic heterocycles. The molecule has 0 aliphatic heterocycles. The van der Waals surface area contributed by atoms with E-state index < -0.39 is 0 Å². The van der Waals surface area contributed by atoms with Crippen molar-refractivity contribution in [2.24, 2.45) is 0 Å². The van der Waals surface area contributed by atoms with Crippen LogP contribution < -0.4 is 0 Å². The lowest BCUT2D eigenvalue weighted by molar-refractivity contribution is 1.18. The lowest BCUT2D eigenvalue weighted by Crippen LogP contribution is -1.96. The lowest BCUT2D eigenvalue weighted by Gasteiger charge is -2.15. The molecule has 416 valence electrons. The Morgan fingerprint density at radius 1 is 0.124 bits per heavy atom. The monoisotopic (exact) mass is 1130 g/mol. The largest absolute Gasteiger partial charge is 0.309 e. The van der Waals surface area contributed by atoms with Gasteiger partial charge in [0.2, 0.25) is 0 Å². The number of fused-ring (bicyclic) bond motifs is 24. The number of rotatable bonds is 4. The summed E-state index contributed by atoms with van der Waals surface area (Å²) in [6.45, 7) is 0. The molecular weight excluding hydrogens is 1080 g/mol. The van der Waals surface area contributed by atoms with E-state index in [1.54, 1.807) is 0 Å². The SMILES string of the molecule is C.c1ccc2c(c1)c1cc(-n3c4ccccc4c4ccccc43)ccc1c1ccc(-n3c4ccccc4c4ccccc43)cc21.c1ccc2c(c1)c1ccc(-n3c4ccccc4c4ccccc43)cc1c1cc(-n3c4ccccc4c4ccccc43)ccc21. The molecular formula is C85H56N4. The van der Waals surface area contributed by atoms with Crippen LogP contribution in [0.15, 0.2) is 315 Å². The zero-order valence-corrected chi connectivity index (χ0v) is 47.8. The first-order valence-corrected chi connectivity index (χ1v) is 30.4. The molecule has 16 aromatic carbocycles. The van der Waals surface area contributed by atoms with E-state index in [1.807, 2.05) is 0 Å². The Balaban J connectivity index is 0.000000131. The molecule has 89 heavy (non-hydrogen) atoms. The molecule has 4 heteroatoms. The summed E-state index contributed by atoms with van der Waals surface area (Å²) < 4.78 is 9.66. The van der Waals surface area contributed by atoms with E-state index in [4.69, 9.17) is 0 Å². The van der Waals surface area contributed by atoms with Gasteiger partial charge in [0.1, 0.15) is 0 Å². The van der Waals surface area contributed by atoms with Gasteiger partial charge in [-0.1, -0.05) is 226 Å². The van der Waals surface area contributed by atoms with Gasteiger partial charge in [-0.05, 0) is 162 Å². The summed E-state index contributed by atoms with van der Waals surface area (Å²) in [5, 5.41) is 25.5. The van der Waals surface area contributed by atoms with E-state index in [0.29, 0.717) is 0 Å². The number of hydrogen-bond acceptors (Lipinski definition) is 0. The van der Waals surface area contributed by atoms with E-state index in [0.717, 1.165) is 0 Å². The van der Waals surface area contributed by atoms with Gasteiger partial charge in [0, 0.05) is 65.8 Å². The molecule has 0 amide bonds. The minimum Gasteiger partial charge on any atom is -0.309 e. The average Bonchev–Trinajstić information content (AvgIpc) is 1.77. The average molecular weight is 1130 g/mol. The third-order valence-corrected chi connectivity index (χ3v) is 19.0. The van der Waals surface area contributed by atoms with Crippen LogP contribution in [0.3, 0.4) is 0 Å². The summed E-state index contributed by atoms with van der Waals surface area (Å²) in [5.74, 6) is 0. The number of para-hydroxylation sites is 8. The van der Waals surface area contributed by atoms with Gasteiger partial charge in [-0.2, -0.15) is 0 Å². The van der Waals surface area contributed by atoms with E-state index in [-0.39, 0.29) is 7.43 Å². The number of nitrogens with zero attached hydrogens (tertiary/aromatic N) is 4. The minimum absolute atomic E-state index is 0. The summed E-state index contributed by atoms with van der Waals surface area (Å²) in [7, 11) is 0. The molecule has 0 bridgehead atoms. The highest BCUT2D eigenvalue weighted by atomic mass is 15.0. The second-order valence-electron chi connectivity index (χ2n) is 23.5. The van der Waals surface area contributed by atoms with Gasteiger partial charge in [-0.3, -0.25) is 0 Å². The Hall–Kier alpha value is -11.7. The van der Waals surface area contributed by atoms with Crippen molar-refractivity contribution in [1.29, 1.82) is 0 Å². The Morgan fingerprint density at radius 3 is 0.449 bits per heavy atom. The molecule has 0 atom stereocenters. The number of benzene rings is 16. The highest BCUT2D eigenvalue weighted by Gasteiger charge is 2.20. The van der Waals surface area contributed by atoms with E-state index in [2.05, 4.69) is 334 Å². The van der Waals surface area contributed by atoms with Gasteiger partial charge >= 0.3 is 0 Å². The highest BCUT2D eigenvalue weighted by Crippen LogP contribution is 2.43. The lowest BCUT2D eigenvalue weighted by atomic mass is 9.93. The summed E-state index contributed by atoms with van der Waals surface area (Å²) in [4.78, 5) is 0. The minimum atomic E-state index is 0. The van der Waals surface area contributed by atoms with Crippen molar-refractivity contribution < 1.29 is 0 Å². The summed E-state index contributed by atoms with van der Waals surface area (Å²) in [6, 6.07) is 116. The molecule has 0 radical (unpaired) electrons. The zero-order chi connectivity index (χ0) is 57.6. The van der Waals surface area contributed by atoms with E-state index >= 15 is 0 Å². The van der Waals surface area contributed by atoms with E-state index in [9.17, 15) is 0 Å². The van der Waals surface area contributed by atoms with Crippen molar-refractivity contribution in [3.8, 4) is 22.7 Å². The molecule has 20 aromatic rings. The first kappa shape index (κ1) is 50.6. The predicted octanol–water partition coefficient (Wildman–Crippen LogP) is 23.3. The van der Waals surface area contributed by atoms with Gasteiger partial charge in [0.25, 0.3) is 0 Å². The van der Waals surface area contributed by atoms with E-state index in [1.165, 1.54) is 175 Å². The predicted molar refractivity (Wildman–Crippen MR) is 382 cm³/mol. The number of aromatic nitrogens is 4. The molecule has 0 spiro atoms. The van der Waals surface area contributed by atoms with Crippen molar-refractivity contribution in [2.75, 3.05) is 0 Å². The topological polar surface area (TPSA) is 19.7 Å². The Bertz CT molecular complexity index is 5690. The Kier molecular flexibility index (Phi) is 11.2. The van der Waals surface area contributed by atoms with Crippen molar-refractivity contribution >= 4 is 152 Å². The van der Waals surface area contributed by atoms with Crippen molar-refractivity contribution in [2.45, 2.75) is 7.43 Å². The normalized spacial score (nSPS) is 12.0. The maximum Gasteiger partial charge on any atom is 0.0541 e. The molecule has 4 heterocycles. The Labute approximate surface area is 512 Å². The van der Waals surface area contributed by atoms with Crippen molar-refractivity contribution in [3.63, 3.8) is 0 Å². The first-order valence-electron chi connectivity index (χ1n) is 30.4. The van der Waals surface area contributed by atoms with Crippen LogP contribution in [-0.2, 0) is 0 Å². The molecule has 0 aliphatic carbocycles. The maximum absolute atomic E-state index is 2.42. The molecule has 0 fully saturated rings. The molecule has 0 unspecified atom stereocenters. The van der Waals surface area contributed by atoms with Gasteiger partial charge in [0.15, 0.2) is 0 Å². The molecule has 4 nitrogen and oxygen atoms in total. The standard InChI is InChI=1S/2C42H26N2.CH4/c1-2-12-30-29(11-1)37-25-27(43-39-17-7-3-13-33(39)34-14-4-8-18-40(34)43)21-23-31(37)32-24-22-28(26-38(30)32)44-41-19-9-5-15-35(41)36-16-6-10-20-42(36)44;1-2-12-30-29(11-1)31-23-21-27(43-39-17-7-3-13-33(39)34-14-4-8-18-40(34)43)25-37(31)38-26-28(22-24-32(30)38)44-41-19-9-5-15-35(41)36-16-6-10-20-42(36)44;/h2*1-26H;1H4. The molecule has 20 rings (SSSR count). The van der Waals surface area contributed by atoms with Crippen LogP contribution in [0.2, 0.25) is 0 Å². The summed E-state index contributed by atoms with van der Waals surface area (Å²) in [6.07, 6.45) is 0. The van der Waals surface area contributed by atoms with Crippen LogP contribution in [0.5, 0.6) is 0 Å². The second kappa shape index (κ2) is 19.7. The molecule has 0 N–H and O–H groups in total. The zero-order valence-electron chi connectivity index (χ0n) is 47.8. The van der Waals surface area contributed by atoms with Gasteiger partial charge in [0.05, 0.1) is 44.1 Å². The van der Waals surface area contributed by atoms with Crippen LogP contribution in [-0.4, -0.2) is 18.3 Å². The third kappa shape index (κ3) is 7.41. The third-order valence-electron chi connectivity index (χ3n) is 19.0. The molecule has 0 saturated carbocycles. The summed E-state index contributed by atoms with van der Waals surface area (Å²) >= 11 is 0. The van der Waals surface area contributed by atoms with Gasteiger partial charge in [-0.25, -0.2) is 0 Å².